The lowest BCUT2D eigenvalue weighted by Gasteiger charge is -2.26. The van der Waals surface area contributed by atoms with Crippen LogP contribution in [-0.2, 0) is 9.59 Å². The fraction of sp³-hybridized carbons (Fsp3) is 0.818. The third-order valence-electron chi connectivity index (χ3n) is 2.76. The number of nitrogens with one attached hydrogen (secondary N) is 1. The van der Waals surface area contributed by atoms with E-state index in [9.17, 15) is 9.59 Å². The Morgan fingerprint density at radius 2 is 1.94 bits per heavy atom. The molecule has 1 heterocycles. The predicted octanol–water partition coefficient (Wildman–Crippen LogP) is -0.148. The molecule has 16 heavy (non-hydrogen) atoms. The van der Waals surface area contributed by atoms with Crippen LogP contribution in [0.1, 0.15) is 32.6 Å². The minimum atomic E-state index is -0.509. The normalized spacial score (nSPS) is 18.0. The summed E-state index contributed by atoms with van der Waals surface area (Å²) in [5.74, 6) is -0.0730. The van der Waals surface area contributed by atoms with Gasteiger partial charge in [-0.3, -0.25) is 9.59 Å². The van der Waals surface area contributed by atoms with Crippen LogP contribution in [0.4, 0.5) is 0 Å². The molecular weight excluding hydrogens is 206 g/mol. The van der Waals surface area contributed by atoms with E-state index in [0.717, 1.165) is 25.9 Å². The van der Waals surface area contributed by atoms with Gasteiger partial charge in [0.2, 0.25) is 11.8 Å². The van der Waals surface area contributed by atoms with Gasteiger partial charge in [0, 0.05) is 26.1 Å². The lowest BCUT2D eigenvalue weighted by atomic mass is 10.1. The second-order valence-electron chi connectivity index (χ2n) is 4.27. The minimum Gasteiger partial charge on any atom is -0.354 e. The topological polar surface area (TPSA) is 75.4 Å². The number of hydrogen-bond donors (Lipinski definition) is 2. The molecule has 2 amide bonds. The van der Waals surface area contributed by atoms with Gasteiger partial charge in [0.15, 0.2) is 0 Å². The molecule has 92 valence electrons. The Hall–Kier alpha value is -1.10. The number of nitrogens with zero attached hydrogens (tertiary/aromatic N) is 1. The van der Waals surface area contributed by atoms with Crippen molar-refractivity contribution in [3.05, 3.63) is 0 Å². The molecule has 0 radical (unpaired) electrons. The summed E-state index contributed by atoms with van der Waals surface area (Å²) < 4.78 is 0. The van der Waals surface area contributed by atoms with Gasteiger partial charge in [0.05, 0.1) is 6.04 Å². The van der Waals surface area contributed by atoms with Crippen molar-refractivity contribution in [2.75, 3.05) is 19.6 Å². The zero-order valence-electron chi connectivity index (χ0n) is 9.87. The molecular formula is C11H21N3O2. The van der Waals surface area contributed by atoms with Crippen LogP contribution in [0.2, 0.25) is 0 Å². The van der Waals surface area contributed by atoms with E-state index in [-0.39, 0.29) is 11.8 Å². The molecule has 1 fully saturated rings. The summed E-state index contributed by atoms with van der Waals surface area (Å²) in [5.41, 5.74) is 5.39. The summed E-state index contributed by atoms with van der Waals surface area (Å²) >= 11 is 0. The van der Waals surface area contributed by atoms with Crippen LogP contribution in [0.5, 0.6) is 0 Å². The second kappa shape index (κ2) is 6.48. The molecule has 0 aliphatic carbocycles. The molecule has 5 heteroatoms. The third kappa shape index (κ3) is 4.18. The van der Waals surface area contributed by atoms with Crippen LogP contribution in [0.3, 0.4) is 0 Å². The Bertz CT molecular complexity index is 248. The second-order valence-corrected chi connectivity index (χ2v) is 4.27. The van der Waals surface area contributed by atoms with Gasteiger partial charge < -0.3 is 16.0 Å². The SMILES string of the molecule is C[C@@H](N)C(=O)NCCC(=O)N1CCCCC1. The first-order valence-electron chi connectivity index (χ1n) is 5.92. The van der Waals surface area contributed by atoms with Gasteiger partial charge >= 0.3 is 0 Å². The molecule has 3 N–H and O–H groups in total. The van der Waals surface area contributed by atoms with Crippen LogP contribution in [-0.4, -0.2) is 42.4 Å². The Kier molecular flexibility index (Phi) is 5.25. The van der Waals surface area contributed by atoms with Crippen molar-refractivity contribution in [2.24, 2.45) is 5.73 Å². The smallest absolute Gasteiger partial charge is 0.236 e. The first-order chi connectivity index (χ1) is 7.61. The first-order valence-corrected chi connectivity index (χ1v) is 5.92. The van der Waals surface area contributed by atoms with Crippen LogP contribution < -0.4 is 11.1 Å². The van der Waals surface area contributed by atoms with Gasteiger partial charge in [-0.1, -0.05) is 0 Å². The maximum absolute atomic E-state index is 11.7. The number of likely N-dealkylation sites (tertiary alicyclic amines) is 1. The largest absolute Gasteiger partial charge is 0.354 e. The van der Waals surface area contributed by atoms with Gasteiger partial charge in [0.25, 0.3) is 0 Å². The standard InChI is InChI=1S/C11H21N3O2/c1-9(12)11(16)13-6-5-10(15)14-7-3-2-4-8-14/h9H,2-8,12H2,1H3,(H,13,16)/t9-/m1/s1. The van der Waals surface area contributed by atoms with Crippen LogP contribution in [0.25, 0.3) is 0 Å². The summed E-state index contributed by atoms with van der Waals surface area (Å²) in [6, 6.07) is -0.509. The molecule has 1 atom stereocenters. The zero-order valence-corrected chi connectivity index (χ0v) is 9.87. The molecule has 0 bridgehead atoms. The number of rotatable bonds is 4. The summed E-state index contributed by atoms with van der Waals surface area (Å²) in [6.45, 7) is 3.73. The van der Waals surface area contributed by atoms with E-state index < -0.39 is 6.04 Å². The molecule has 0 aromatic carbocycles. The highest BCUT2D eigenvalue weighted by Gasteiger charge is 2.16. The molecule has 0 spiro atoms. The Balaban J connectivity index is 2.17. The van der Waals surface area contributed by atoms with Crippen molar-refractivity contribution < 1.29 is 9.59 Å². The zero-order chi connectivity index (χ0) is 12.0. The fourth-order valence-electron chi connectivity index (χ4n) is 1.76. The van der Waals surface area contributed by atoms with Gasteiger partial charge in [-0.05, 0) is 26.2 Å². The maximum Gasteiger partial charge on any atom is 0.236 e. The molecule has 1 saturated heterocycles. The van der Waals surface area contributed by atoms with E-state index in [1.165, 1.54) is 6.42 Å². The van der Waals surface area contributed by atoms with Crippen molar-refractivity contribution in [2.45, 2.75) is 38.6 Å². The van der Waals surface area contributed by atoms with Crippen molar-refractivity contribution in [3.63, 3.8) is 0 Å². The van der Waals surface area contributed by atoms with E-state index in [0.29, 0.717) is 13.0 Å². The van der Waals surface area contributed by atoms with Crippen molar-refractivity contribution in [1.29, 1.82) is 0 Å². The lowest BCUT2D eigenvalue weighted by molar-refractivity contribution is -0.132. The highest BCUT2D eigenvalue weighted by atomic mass is 16.2. The summed E-state index contributed by atoms with van der Waals surface area (Å²) in [4.78, 5) is 24.7. The minimum absolute atomic E-state index is 0.129. The van der Waals surface area contributed by atoms with Crippen molar-refractivity contribution in [3.8, 4) is 0 Å². The molecule has 1 aliphatic rings. The first kappa shape index (κ1) is 13.0. The average Bonchev–Trinajstić information content (AvgIpc) is 2.29. The van der Waals surface area contributed by atoms with E-state index in [1.54, 1.807) is 6.92 Å². The average molecular weight is 227 g/mol. The Labute approximate surface area is 96.4 Å². The number of carbonyl (C=O) groups excluding carboxylic acids is 2. The van der Waals surface area contributed by atoms with Crippen LogP contribution in [0, 0.1) is 0 Å². The quantitative estimate of drug-likeness (QED) is 0.701. The summed E-state index contributed by atoms with van der Waals surface area (Å²) in [5, 5.41) is 2.64. The Morgan fingerprint density at radius 1 is 1.31 bits per heavy atom. The highest BCUT2D eigenvalue weighted by molar-refractivity contribution is 5.82. The lowest BCUT2D eigenvalue weighted by Crippen LogP contribution is -2.41. The molecule has 5 nitrogen and oxygen atoms in total. The summed E-state index contributed by atoms with van der Waals surface area (Å²) in [6.07, 6.45) is 3.78. The third-order valence-corrected chi connectivity index (χ3v) is 2.76. The number of carbonyl (C=O) groups is 2. The van der Waals surface area contributed by atoms with E-state index >= 15 is 0 Å². The van der Waals surface area contributed by atoms with E-state index in [1.807, 2.05) is 4.90 Å². The molecule has 0 unspecified atom stereocenters. The van der Waals surface area contributed by atoms with E-state index in [2.05, 4.69) is 5.32 Å². The number of amides is 2. The number of hydrogen-bond acceptors (Lipinski definition) is 3. The molecule has 0 aromatic heterocycles. The maximum atomic E-state index is 11.7. The van der Waals surface area contributed by atoms with Crippen molar-refractivity contribution in [1.82, 2.24) is 10.2 Å². The number of piperidine rings is 1. The van der Waals surface area contributed by atoms with Gasteiger partial charge in [-0.2, -0.15) is 0 Å². The predicted molar refractivity (Wildman–Crippen MR) is 61.7 cm³/mol. The summed E-state index contributed by atoms with van der Waals surface area (Å²) in [7, 11) is 0. The number of nitrogens with two attached hydrogens (primary N) is 1. The fourth-order valence-corrected chi connectivity index (χ4v) is 1.76. The van der Waals surface area contributed by atoms with Crippen molar-refractivity contribution >= 4 is 11.8 Å². The van der Waals surface area contributed by atoms with Gasteiger partial charge in [-0.25, -0.2) is 0 Å². The highest BCUT2D eigenvalue weighted by Crippen LogP contribution is 2.09. The van der Waals surface area contributed by atoms with E-state index in [4.69, 9.17) is 5.73 Å². The molecule has 1 rings (SSSR count). The van der Waals surface area contributed by atoms with Crippen LogP contribution in [0.15, 0.2) is 0 Å². The van der Waals surface area contributed by atoms with Gasteiger partial charge in [-0.15, -0.1) is 0 Å². The molecule has 0 saturated carbocycles. The monoisotopic (exact) mass is 227 g/mol. The van der Waals surface area contributed by atoms with Gasteiger partial charge in [0.1, 0.15) is 0 Å². The molecule has 1 aliphatic heterocycles. The Morgan fingerprint density at radius 3 is 2.50 bits per heavy atom. The van der Waals surface area contributed by atoms with Crippen LogP contribution >= 0.6 is 0 Å². The molecule has 0 aromatic rings.